The predicted octanol–water partition coefficient (Wildman–Crippen LogP) is 3.54. The maximum Gasteiger partial charge on any atom is 0.265 e. The van der Waals surface area contributed by atoms with Crippen molar-refractivity contribution >= 4 is 38.1 Å². The zero-order chi connectivity index (χ0) is 19.2. The molecule has 1 aliphatic heterocycles. The smallest absolute Gasteiger partial charge is 0.265 e. The lowest BCUT2D eigenvalue weighted by molar-refractivity contribution is -0.117. The summed E-state index contributed by atoms with van der Waals surface area (Å²) in [6, 6.07) is 16.0. The van der Waals surface area contributed by atoms with Crippen molar-refractivity contribution in [1.82, 2.24) is 0 Å². The summed E-state index contributed by atoms with van der Waals surface area (Å²) in [5.74, 6) is -0.774. The van der Waals surface area contributed by atoms with Gasteiger partial charge in [-0.25, -0.2) is 12.8 Å². The Morgan fingerprint density at radius 1 is 1.04 bits per heavy atom. The molecule has 0 fully saturated rings. The van der Waals surface area contributed by atoms with Crippen LogP contribution in [0.4, 0.5) is 15.8 Å². The van der Waals surface area contributed by atoms with E-state index < -0.39 is 15.8 Å². The molecule has 0 saturated heterocycles. The molecule has 0 bridgehead atoms. The molecule has 0 saturated carbocycles. The van der Waals surface area contributed by atoms with Crippen molar-refractivity contribution in [3.05, 3.63) is 66.5 Å². The van der Waals surface area contributed by atoms with E-state index in [-0.39, 0.29) is 17.3 Å². The van der Waals surface area contributed by atoms with Crippen molar-refractivity contribution in [3.63, 3.8) is 0 Å². The standard InChI is InChI=1S/C20H17FN2O3S/c1-2-22(16-11-9-15(21)10-12-16)19(24)13-23-17-7-3-5-14-6-4-8-18(20(14)17)27(23,25)26/h3-12H,2,13H2,1H3. The Bertz CT molecular complexity index is 1140. The average molecular weight is 384 g/mol. The van der Waals surface area contributed by atoms with Crippen LogP contribution in [0.3, 0.4) is 0 Å². The van der Waals surface area contributed by atoms with Crippen LogP contribution in [-0.2, 0) is 14.8 Å². The van der Waals surface area contributed by atoms with Gasteiger partial charge in [-0.2, -0.15) is 0 Å². The monoisotopic (exact) mass is 384 g/mol. The van der Waals surface area contributed by atoms with Crippen LogP contribution in [0.25, 0.3) is 10.8 Å². The number of carbonyl (C=O) groups excluding carboxylic acids is 1. The Labute approximate surface area is 156 Å². The first-order chi connectivity index (χ1) is 12.9. The fourth-order valence-corrected chi connectivity index (χ4v) is 5.12. The van der Waals surface area contributed by atoms with Crippen molar-refractivity contribution in [1.29, 1.82) is 0 Å². The van der Waals surface area contributed by atoms with Crippen LogP contribution in [0.2, 0.25) is 0 Å². The molecule has 7 heteroatoms. The van der Waals surface area contributed by atoms with E-state index in [0.29, 0.717) is 23.3 Å². The predicted molar refractivity (Wildman–Crippen MR) is 103 cm³/mol. The highest BCUT2D eigenvalue weighted by molar-refractivity contribution is 7.93. The molecule has 1 heterocycles. The summed E-state index contributed by atoms with van der Waals surface area (Å²) in [6.07, 6.45) is 0. The number of amides is 1. The molecule has 3 aromatic carbocycles. The Kier molecular flexibility index (Phi) is 4.11. The SMILES string of the molecule is CCN(C(=O)CN1c2cccc3cccc(c23)S1(=O)=O)c1ccc(F)cc1. The summed E-state index contributed by atoms with van der Waals surface area (Å²) in [5.41, 5.74) is 1.03. The second-order valence-electron chi connectivity index (χ2n) is 6.26. The number of rotatable bonds is 4. The summed E-state index contributed by atoms with van der Waals surface area (Å²) in [4.78, 5) is 14.6. The molecule has 0 aromatic heterocycles. The Morgan fingerprint density at radius 3 is 2.37 bits per heavy atom. The molecule has 0 radical (unpaired) electrons. The molecule has 0 unspecified atom stereocenters. The van der Waals surface area contributed by atoms with Crippen LogP contribution >= 0.6 is 0 Å². The molecule has 4 rings (SSSR count). The van der Waals surface area contributed by atoms with E-state index in [4.69, 9.17) is 0 Å². The number of sulfonamides is 1. The highest BCUT2D eigenvalue weighted by atomic mass is 32.2. The van der Waals surface area contributed by atoms with Gasteiger partial charge in [0, 0.05) is 17.6 Å². The largest absolute Gasteiger partial charge is 0.311 e. The minimum atomic E-state index is -3.80. The van der Waals surface area contributed by atoms with Crippen molar-refractivity contribution in [2.24, 2.45) is 0 Å². The van der Waals surface area contributed by atoms with Crippen molar-refractivity contribution < 1.29 is 17.6 Å². The number of hydrogen-bond donors (Lipinski definition) is 0. The van der Waals surface area contributed by atoms with Crippen molar-refractivity contribution in [2.75, 3.05) is 22.3 Å². The third kappa shape index (κ3) is 2.75. The third-order valence-electron chi connectivity index (χ3n) is 4.72. The van der Waals surface area contributed by atoms with Crippen molar-refractivity contribution in [3.8, 4) is 0 Å². The summed E-state index contributed by atoms with van der Waals surface area (Å²) in [5, 5.41) is 1.45. The van der Waals surface area contributed by atoms with E-state index >= 15 is 0 Å². The van der Waals surface area contributed by atoms with Gasteiger partial charge in [-0.1, -0.05) is 24.3 Å². The van der Waals surface area contributed by atoms with Gasteiger partial charge in [-0.05, 0) is 48.7 Å². The van der Waals surface area contributed by atoms with E-state index in [2.05, 4.69) is 0 Å². The molecule has 3 aromatic rings. The van der Waals surface area contributed by atoms with Gasteiger partial charge in [0.15, 0.2) is 0 Å². The van der Waals surface area contributed by atoms with E-state index in [1.165, 1.54) is 29.2 Å². The first-order valence-electron chi connectivity index (χ1n) is 8.54. The number of likely N-dealkylation sites (N-methyl/N-ethyl adjacent to an activating group) is 1. The maximum atomic E-state index is 13.2. The highest BCUT2D eigenvalue weighted by Gasteiger charge is 2.37. The molecule has 27 heavy (non-hydrogen) atoms. The lowest BCUT2D eigenvalue weighted by atomic mass is 10.1. The van der Waals surface area contributed by atoms with Crippen LogP contribution in [0, 0.1) is 5.82 Å². The molecule has 0 spiro atoms. The maximum absolute atomic E-state index is 13.2. The summed E-state index contributed by atoms with van der Waals surface area (Å²) in [7, 11) is -3.80. The van der Waals surface area contributed by atoms with Gasteiger partial charge in [0.05, 0.1) is 10.6 Å². The molecule has 0 aliphatic carbocycles. The van der Waals surface area contributed by atoms with Gasteiger partial charge in [-0.3, -0.25) is 9.10 Å². The topological polar surface area (TPSA) is 57.7 Å². The van der Waals surface area contributed by atoms with Crippen LogP contribution in [0.15, 0.2) is 65.6 Å². The number of anilines is 2. The average Bonchev–Trinajstić information content (AvgIpc) is 2.87. The number of halogens is 1. The Hall–Kier alpha value is -2.93. The van der Waals surface area contributed by atoms with Crippen molar-refractivity contribution in [2.45, 2.75) is 11.8 Å². The van der Waals surface area contributed by atoms with Crippen LogP contribution in [0.1, 0.15) is 6.92 Å². The zero-order valence-corrected chi connectivity index (χ0v) is 15.4. The molecule has 1 aliphatic rings. The molecule has 0 atom stereocenters. The first-order valence-corrected chi connectivity index (χ1v) is 9.98. The summed E-state index contributed by atoms with van der Waals surface area (Å²) < 4.78 is 40.3. The van der Waals surface area contributed by atoms with E-state index in [1.54, 1.807) is 31.2 Å². The third-order valence-corrected chi connectivity index (χ3v) is 6.52. The summed E-state index contributed by atoms with van der Waals surface area (Å²) in [6.45, 7) is 1.81. The van der Waals surface area contributed by atoms with E-state index in [9.17, 15) is 17.6 Å². The minimum Gasteiger partial charge on any atom is -0.311 e. The van der Waals surface area contributed by atoms with Crippen LogP contribution in [-0.4, -0.2) is 27.4 Å². The number of carbonyl (C=O) groups is 1. The minimum absolute atomic E-state index is 0.216. The van der Waals surface area contributed by atoms with Gasteiger partial charge in [0.25, 0.3) is 10.0 Å². The number of benzene rings is 3. The normalized spacial score (nSPS) is 14.5. The molecular weight excluding hydrogens is 367 g/mol. The first kappa shape index (κ1) is 17.5. The quantitative estimate of drug-likeness (QED) is 0.691. The van der Waals surface area contributed by atoms with Crippen LogP contribution in [0.5, 0.6) is 0 Å². The van der Waals surface area contributed by atoms with E-state index in [1.807, 2.05) is 12.1 Å². The lowest BCUT2D eigenvalue weighted by Crippen LogP contribution is -2.41. The van der Waals surface area contributed by atoms with Gasteiger partial charge in [0.2, 0.25) is 5.91 Å². The zero-order valence-electron chi connectivity index (χ0n) is 14.6. The highest BCUT2D eigenvalue weighted by Crippen LogP contribution is 2.41. The lowest BCUT2D eigenvalue weighted by Gasteiger charge is -2.25. The fraction of sp³-hybridized carbons (Fsp3) is 0.150. The fourth-order valence-electron chi connectivity index (χ4n) is 3.46. The molecular formula is C20H17FN2O3S. The van der Waals surface area contributed by atoms with E-state index in [0.717, 1.165) is 9.69 Å². The second kappa shape index (κ2) is 6.35. The second-order valence-corrected chi connectivity index (χ2v) is 8.09. The summed E-state index contributed by atoms with van der Waals surface area (Å²) >= 11 is 0. The van der Waals surface area contributed by atoms with Gasteiger partial charge >= 0.3 is 0 Å². The number of nitrogens with zero attached hydrogens (tertiary/aromatic N) is 2. The molecule has 0 N–H and O–H groups in total. The molecule has 138 valence electrons. The van der Waals surface area contributed by atoms with Gasteiger partial charge in [-0.15, -0.1) is 0 Å². The number of hydrogen-bond acceptors (Lipinski definition) is 3. The Morgan fingerprint density at radius 2 is 1.70 bits per heavy atom. The van der Waals surface area contributed by atoms with Gasteiger partial charge < -0.3 is 4.90 Å². The van der Waals surface area contributed by atoms with Gasteiger partial charge in [0.1, 0.15) is 12.4 Å². The molecule has 1 amide bonds. The molecule has 5 nitrogen and oxygen atoms in total. The Balaban J connectivity index is 1.71. The van der Waals surface area contributed by atoms with Crippen LogP contribution < -0.4 is 9.21 Å².